The molecule has 0 aromatic heterocycles. The van der Waals surface area contributed by atoms with Crippen LogP contribution in [0.15, 0.2) is 23.8 Å². The van der Waals surface area contributed by atoms with Crippen LogP contribution >= 0.6 is 0 Å². The minimum Gasteiger partial charge on any atom is -0.374 e. The van der Waals surface area contributed by atoms with Gasteiger partial charge in [-0.3, -0.25) is 0 Å². The minimum atomic E-state index is -2.49. The van der Waals surface area contributed by atoms with Crippen molar-refractivity contribution in [2.45, 2.75) is 52.7 Å². The fourth-order valence-corrected chi connectivity index (χ4v) is 4.98. The topological polar surface area (TPSA) is 27.7 Å². The first-order valence-electron chi connectivity index (χ1n) is 6.98. The Morgan fingerprint density at radius 2 is 1.89 bits per heavy atom. The summed E-state index contributed by atoms with van der Waals surface area (Å²) < 4.78 is 18.0. The quantitative estimate of drug-likeness (QED) is 0.598. The lowest BCUT2D eigenvalue weighted by molar-refractivity contribution is 0.0486. The predicted molar refractivity (Wildman–Crippen MR) is 76.5 cm³/mol. The highest BCUT2D eigenvalue weighted by molar-refractivity contribution is 6.60. The van der Waals surface area contributed by atoms with Crippen LogP contribution in [0.1, 0.15) is 40.5 Å². The van der Waals surface area contributed by atoms with Crippen LogP contribution in [0.4, 0.5) is 0 Å². The van der Waals surface area contributed by atoms with Crippen molar-refractivity contribution in [2.24, 2.45) is 0 Å². The average molecular weight is 270 g/mol. The molecule has 4 heteroatoms. The second-order valence-electron chi connectivity index (χ2n) is 4.43. The van der Waals surface area contributed by atoms with Crippen LogP contribution in [0.5, 0.6) is 0 Å². The second-order valence-corrected chi connectivity index (χ2v) is 7.11. The maximum atomic E-state index is 6.23. The molecule has 0 aliphatic heterocycles. The summed E-state index contributed by atoms with van der Waals surface area (Å²) >= 11 is 0. The highest BCUT2D eigenvalue weighted by Gasteiger charge is 2.41. The standard InChI is InChI=1S/C14H26O3Si/c1-5-12-18(15-6-2,16-7-3)17-13(4)14-10-8-9-11-14/h8-10,13H,5-7,11-12H2,1-4H3. The van der Waals surface area contributed by atoms with Gasteiger partial charge in [-0.1, -0.05) is 31.6 Å². The summed E-state index contributed by atoms with van der Waals surface area (Å²) in [5, 5.41) is 0. The number of hydrogen-bond acceptors (Lipinski definition) is 3. The van der Waals surface area contributed by atoms with Gasteiger partial charge in [-0.25, -0.2) is 0 Å². The maximum Gasteiger partial charge on any atom is 0.501 e. The first kappa shape index (κ1) is 15.6. The van der Waals surface area contributed by atoms with Gasteiger partial charge in [-0.15, -0.1) is 0 Å². The molecule has 1 aliphatic rings. The van der Waals surface area contributed by atoms with Crippen LogP contribution in [-0.2, 0) is 13.3 Å². The van der Waals surface area contributed by atoms with E-state index < -0.39 is 8.80 Å². The Labute approximate surface area is 112 Å². The molecule has 0 fully saturated rings. The minimum absolute atomic E-state index is 0.0799. The Kier molecular flexibility index (Phi) is 6.85. The van der Waals surface area contributed by atoms with Gasteiger partial charge in [0.05, 0.1) is 6.10 Å². The number of hydrogen-bond donors (Lipinski definition) is 0. The van der Waals surface area contributed by atoms with Crippen molar-refractivity contribution in [3.8, 4) is 0 Å². The zero-order valence-electron chi connectivity index (χ0n) is 12.1. The average Bonchev–Trinajstić information content (AvgIpc) is 2.83. The monoisotopic (exact) mass is 270 g/mol. The van der Waals surface area contributed by atoms with Crippen molar-refractivity contribution < 1.29 is 13.3 Å². The molecule has 1 rings (SSSR count). The zero-order chi connectivity index (χ0) is 13.4. The molecule has 1 unspecified atom stereocenters. The lowest BCUT2D eigenvalue weighted by Crippen LogP contribution is -2.48. The first-order chi connectivity index (χ1) is 8.67. The van der Waals surface area contributed by atoms with Crippen molar-refractivity contribution >= 4 is 8.80 Å². The van der Waals surface area contributed by atoms with Gasteiger partial charge in [0.25, 0.3) is 0 Å². The Balaban J connectivity index is 2.68. The molecular formula is C14H26O3Si. The van der Waals surface area contributed by atoms with E-state index in [-0.39, 0.29) is 6.10 Å². The summed E-state index contributed by atoms with van der Waals surface area (Å²) in [6.07, 6.45) is 8.45. The maximum absolute atomic E-state index is 6.23. The predicted octanol–water partition coefficient (Wildman–Crippen LogP) is 3.70. The van der Waals surface area contributed by atoms with Crippen molar-refractivity contribution in [2.75, 3.05) is 13.2 Å². The third kappa shape index (κ3) is 4.35. The van der Waals surface area contributed by atoms with Crippen molar-refractivity contribution in [3.63, 3.8) is 0 Å². The van der Waals surface area contributed by atoms with Gasteiger partial charge in [0.15, 0.2) is 0 Å². The SMILES string of the molecule is CCC[Si](OCC)(OCC)OC(C)C1=CC=CC1. The number of allylic oxidation sites excluding steroid dienone is 3. The summed E-state index contributed by atoms with van der Waals surface area (Å²) in [7, 11) is -2.49. The normalized spacial score (nSPS) is 17.0. The lowest BCUT2D eigenvalue weighted by atomic mass is 10.1. The Morgan fingerprint density at radius 1 is 1.22 bits per heavy atom. The van der Waals surface area contributed by atoms with Crippen molar-refractivity contribution in [3.05, 3.63) is 23.8 Å². The van der Waals surface area contributed by atoms with E-state index in [1.54, 1.807) is 0 Å². The van der Waals surface area contributed by atoms with Gasteiger partial charge in [0, 0.05) is 19.3 Å². The second kappa shape index (κ2) is 7.89. The van der Waals surface area contributed by atoms with E-state index in [1.807, 2.05) is 13.8 Å². The van der Waals surface area contributed by atoms with Gasteiger partial charge >= 0.3 is 8.80 Å². The molecule has 0 aromatic rings. The smallest absolute Gasteiger partial charge is 0.374 e. The van der Waals surface area contributed by atoms with Crippen LogP contribution in [0.25, 0.3) is 0 Å². The third-order valence-electron chi connectivity index (χ3n) is 2.96. The summed E-state index contributed by atoms with van der Waals surface area (Å²) in [4.78, 5) is 0. The molecule has 0 saturated carbocycles. The van der Waals surface area contributed by atoms with E-state index in [0.717, 1.165) is 18.9 Å². The highest BCUT2D eigenvalue weighted by atomic mass is 28.4. The van der Waals surface area contributed by atoms with Crippen LogP contribution in [0.3, 0.4) is 0 Å². The van der Waals surface area contributed by atoms with Crippen molar-refractivity contribution in [1.29, 1.82) is 0 Å². The third-order valence-corrected chi connectivity index (χ3v) is 6.25. The van der Waals surface area contributed by atoms with Crippen LogP contribution < -0.4 is 0 Å². The molecule has 0 radical (unpaired) electrons. The lowest BCUT2D eigenvalue weighted by Gasteiger charge is -2.32. The molecule has 1 aliphatic carbocycles. The van der Waals surface area contributed by atoms with E-state index >= 15 is 0 Å². The van der Waals surface area contributed by atoms with E-state index in [4.69, 9.17) is 13.3 Å². The molecule has 3 nitrogen and oxygen atoms in total. The van der Waals surface area contributed by atoms with Crippen LogP contribution in [0.2, 0.25) is 6.04 Å². The Morgan fingerprint density at radius 3 is 2.33 bits per heavy atom. The first-order valence-corrected chi connectivity index (χ1v) is 8.92. The summed E-state index contributed by atoms with van der Waals surface area (Å²) in [5.74, 6) is 0. The molecular weight excluding hydrogens is 244 g/mol. The molecule has 0 bridgehead atoms. The largest absolute Gasteiger partial charge is 0.501 e. The molecule has 0 aromatic carbocycles. The van der Waals surface area contributed by atoms with Gasteiger partial charge in [-0.2, -0.15) is 0 Å². The van der Waals surface area contributed by atoms with Gasteiger partial charge in [0.2, 0.25) is 0 Å². The molecule has 0 heterocycles. The summed E-state index contributed by atoms with van der Waals surface area (Å²) in [5.41, 5.74) is 1.31. The zero-order valence-corrected chi connectivity index (χ0v) is 13.1. The summed E-state index contributed by atoms with van der Waals surface area (Å²) in [6.45, 7) is 9.53. The molecule has 0 saturated heterocycles. The number of rotatable bonds is 9. The van der Waals surface area contributed by atoms with E-state index in [0.29, 0.717) is 13.2 Å². The van der Waals surface area contributed by atoms with E-state index in [9.17, 15) is 0 Å². The Hall–Kier alpha value is -0.423. The van der Waals surface area contributed by atoms with Gasteiger partial charge in [0.1, 0.15) is 0 Å². The van der Waals surface area contributed by atoms with Crippen LogP contribution in [0, 0.1) is 0 Å². The van der Waals surface area contributed by atoms with E-state index in [1.165, 1.54) is 5.57 Å². The van der Waals surface area contributed by atoms with Crippen LogP contribution in [-0.4, -0.2) is 28.1 Å². The fourth-order valence-electron chi connectivity index (χ4n) is 2.17. The fraction of sp³-hybridized carbons (Fsp3) is 0.714. The molecule has 0 N–H and O–H groups in total. The summed E-state index contributed by atoms with van der Waals surface area (Å²) in [6, 6.07) is 0.889. The van der Waals surface area contributed by atoms with E-state index in [2.05, 4.69) is 32.1 Å². The van der Waals surface area contributed by atoms with Gasteiger partial charge in [-0.05, 0) is 32.8 Å². The molecule has 0 spiro atoms. The molecule has 104 valence electrons. The molecule has 1 atom stereocenters. The molecule has 0 amide bonds. The van der Waals surface area contributed by atoms with Crippen molar-refractivity contribution in [1.82, 2.24) is 0 Å². The Bertz CT molecular complexity index is 282. The van der Waals surface area contributed by atoms with Gasteiger partial charge < -0.3 is 13.3 Å². The highest BCUT2D eigenvalue weighted by Crippen LogP contribution is 2.25. The molecule has 18 heavy (non-hydrogen) atoms.